The zero-order valence-corrected chi connectivity index (χ0v) is 7.51. The van der Waals surface area contributed by atoms with Gasteiger partial charge in [0.05, 0.1) is 6.04 Å². The number of nitrogens with zero attached hydrogens (tertiary/aromatic N) is 3. The molecule has 0 fully saturated rings. The van der Waals surface area contributed by atoms with Gasteiger partial charge in [-0.3, -0.25) is 0 Å². The lowest BCUT2D eigenvalue weighted by molar-refractivity contribution is 0.511. The van der Waals surface area contributed by atoms with E-state index in [9.17, 15) is 0 Å². The fraction of sp³-hybridized carbons (Fsp3) is 0.400. The Labute approximate surface area is 77.0 Å². The van der Waals surface area contributed by atoms with E-state index in [0.29, 0.717) is 5.92 Å². The molecule has 1 aromatic carbocycles. The lowest BCUT2D eigenvalue weighted by Gasteiger charge is -2.08. The molecule has 0 N–H and O–H groups in total. The fourth-order valence-corrected chi connectivity index (χ4v) is 2.01. The van der Waals surface area contributed by atoms with Crippen molar-refractivity contribution in [3.05, 3.63) is 45.8 Å². The zero-order valence-electron chi connectivity index (χ0n) is 7.51. The van der Waals surface area contributed by atoms with Crippen LogP contribution in [-0.2, 0) is 6.42 Å². The van der Waals surface area contributed by atoms with Gasteiger partial charge < -0.3 is 0 Å². The van der Waals surface area contributed by atoms with E-state index >= 15 is 0 Å². The van der Waals surface area contributed by atoms with Crippen molar-refractivity contribution in [2.75, 3.05) is 0 Å². The number of fused-ring (bicyclic) bond motifs is 1. The summed E-state index contributed by atoms with van der Waals surface area (Å²) in [5.74, 6) is 0.438. The minimum absolute atomic E-state index is 0.0428. The molecule has 0 bridgehead atoms. The molecular formula is C10H11N3. The summed E-state index contributed by atoms with van der Waals surface area (Å²) in [4.78, 5) is 2.89. The van der Waals surface area contributed by atoms with Gasteiger partial charge in [0.1, 0.15) is 0 Å². The van der Waals surface area contributed by atoms with Gasteiger partial charge in [0.2, 0.25) is 0 Å². The second-order valence-corrected chi connectivity index (χ2v) is 3.53. The van der Waals surface area contributed by atoms with E-state index in [2.05, 4.69) is 29.1 Å². The third-order valence-electron chi connectivity index (χ3n) is 2.63. The van der Waals surface area contributed by atoms with Crippen LogP contribution in [0.3, 0.4) is 0 Å². The third-order valence-corrected chi connectivity index (χ3v) is 2.63. The highest BCUT2D eigenvalue weighted by Crippen LogP contribution is 2.38. The van der Waals surface area contributed by atoms with Crippen LogP contribution in [0.2, 0.25) is 0 Å². The maximum atomic E-state index is 8.43. The van der Waals surface area contributed by atoms with Gasteiger partial charge >= 0.3 is 0 Å². The molecule has 0 aromatic heterocycles. The van der Waals surface area contributed by atoms with E-state index in [-0.39, 0.29) is 6.04 Å². The molecule has 0 heterocycles. The van der Waals surface area contributed by atoms with Crippen LogP contribution in [0.25, 0.3) is 10.4 Å². The molecule has 1 aromatic rings. The van der Waals surface area contributed by atoms with Crippen LogP contribution in [0, 0.1) is 5.92 Å². The fourth-order valence-electron chi connectivity index (χ4n) is 2.01. The van der Waals surface area contributed by atoms with Crippen LogP contribution in [0.1, 0.15) is 24.1 Å². The van der Waals surface area contributed by atoms with E-state index in [1.165, 1.54) is 11.1 Å². The highest BCUT2D eigenvalue weighted by molar-refractivity contribution is 5.35. The third kappa shape index (κ3) is 1.27. The predicted octanol–water partition coefficient (Wildman–Crippen LogP) is 3.23. The molecule has 0 radical (unpaired) electrons. The van der Waals surface area contributed by atoms with Crippen LogP contribution in [0.15, 0.2) is 29.4 Å². The Kier molecular flexibility index (Phi) is 1.95. The lowest BCUT2D eigenvalue weighted by Crippen LogP contribution is -1.98. The number of benzene rings is 1. The molecule has 2 rings (SSSR count). The van der Waals surface area contributed by atoms with Crippen molar-refractivity contribution in [3.8, 4) is 0 Å². The Morgan fingerprint density at radius 2 is 2.23 bits per heavy atom. The first-order valence-corrected chi connectivity index (χ1v) is 4.45. The Bertz CT molecular complexity index is 366. The van der Waals surface area contributed by atoms with Crippen molar-refractivity contribution < 1.29 is 0 Å². The summed E-state index contributed by atoms with van der Waals surface area (Å²) >= 11 is 0. The van der Waals surface area contributed by atoms with E-state index in [1.54, 1.807) is 0 Å². The van der Waals surface area contributed by atoms with Gasteiger partial charge in [-0.2, -0.15) is 0 Å². The van der Waals surface area contributed by atoms with Gasteiger partial charge in [-0.25, -0.2) is 0 Å². The van der Waals surface area contributed by atoms with Crippen LogP contribution in [-0.4, -0.2) is 0 Å². The van der Waals surface area contributed by atoms with Crippen LogP contribution < -0.4 is 0 Å². The summed E-state index contributed by atoms with van der Waals surface area (Å²) in [6.07, 6.45) is 1.03. The van der Waals surface area contributed by atoms with E-state index in [0.717, 1.165) is 6.42 Å². The van der Waals surface area contributed by atoms with Crippen LogP contribution in [0.4, 0.5) is 0 Å². The maximum absolute atomic E-state index is 8.43. The van der Waals surface area contributed by atoms with E-state index in [4.69, 9.17) is 5.53 Å². The van der Waals surface area contributed by atoms with Crippen molar-refractivity contribution in [2.24, 2.45) is 11.0 Å². The Hall–Kier alpha value is -1.47. The topological polar surface area (TPSA) is 48.8 Å². The first kappa shape index (κ1) is 8.14. The molecule has 2 atom stereocenters. The van der Waals surface area contributed by atoms with Gasteiger partial charge in [0.25, 0.3) is 0 Å². The largest absolute Gasteiger partial charge is 0.0856 e. The van der Waals surface area contributed by atoms with Crippen molar-refractivity contribution in [3.63, 3.8) is 0 Å². The van der Waals surface area contributed by atoms with Crippen LogP contribution >= 0.6 is 0 Å². The average Bonchev–Trinajstić information content (AvgIpc) is 2.44. The Morgan fingerprint density at radius 1 is 1.46 bits per heavy atom. The summed E-state index contributed by atoms with van der Waals surface area (Å²) < 4.78 is 0. The quantitative estimate of drug-likeness (QED) is 0.355. The van der Waals surface area contributed by atoms with Gasteiger partial charge in [-0.1, -0.05) is 36.3 Å². The molecule has 1 aliphatic carbocycles. The van der Waals surface area contributed by atoms with Crippen molar-refractivity contribution in [1.29, 1.82) is 0 Å². The SMILES string of the molecule is CC1Cc2ccccc2C1N=[N+]=[N-]. The second kappa shape index (κ2) is 3.11. The Balaban J connectivity index is 2.46. The minimum Gasteiger partial charge on any atom is -0.0856 e. The normalized spacial score (nSPS) is 25.0. The van der Waals surface area contributed by atoms with E-state index in [1.807, 2.05) is 12.1 Å². The summed E-state index contributed by atoms with van der Waals surface area (Å²) in [6, 6.07) is 8.23. The minimum atomic E-state index is 0.0428. The van der Waals surface area contributed by atoms with Crippen molar-refractivity contribution in [1.82, 2.24) is 0 Å². The molecule has 0 saturated heterocycles. The van der Waals surface area contributed by atoms with Gasteiger partial charge in [0.15, 0.2) is 0 Å². The van der Waals surface area contributed by atoms with Gasteiger partial charge in [-0.05, 0) is 29.0 Å². The lowest BCUT2D eigenvalue weighted by atomic mass is 10.0. The first-order chi connectivity index (χ1) is 6.33. The van der Waals surface area contributed by atoms with Crippen molar-refractivity contribution >= 4 is 0 Å². The number of rotatable bonds is 1. The predicted molar refractivity (Wildman–Crippen MR) is 51.2 cm³/mol. The maximum Gasteiger partial charge on any atom is 0.0656 e. The first-order valence-electron chi connectivity index (χ1n) is 4.45. The number of hydrogen-bond acceptors (Lipinski definition) is 1. The van der Waals surface area contributed by atoms with Crippen molar-refractivity contribution in [2.45, 2.75) is 19.4 Å². The number of azide groups is 1. The molecule has 3 nitrogen and oxygen atoms in total. The van der Waals surface area contributed by atoms with Crippen LogP contribution in [0.5, 0.6) is 0 Å². The highest BCUT2D eigenvalue weighted by Gasteiger charge is 2.27. The molecule has 13 heavy (non-hydrogen) atoms. The molecular weight excluding hydrogens is 162 g/mol. The highest BCUT2D eigenvalue weighted by atomic mass is 15.2. The molecule has 1 aliphatic rings. The summed E-state index contributed by atoms with van der Waals surface area (Å²) in [5.41, 5.74) is 11.0. The average molecular weight is 173 g/mol. The molecule has 66 valence electrons. The summed E-state index contributed by atoms with van der Waals surface area (Å²) in [5, 5.41) is 3.83. The van der Waals surface area contributed by atoms with E-state index < -0.39 is 0 Å². The molecule has 0 saturated carbocycles. The summed E-state index contributed by atoms with van der Waals surface area (Å²) in [7, 11) is 0. The monoisotopic (exact) mass is 173 g/mol. The second-order valence-electron chi connectivity index (χ2n) is 3.53. The standard InChI is InChI=1S/C10H11N3/c1-7-6-8-4-2-3-5-9(8)10(7)12-13-11/h2-5,7,10H,6H2,1H3. The number of hydrogen-bond donors (Lipinski definition) is 0. The van der Waals surface area contributed by atoms with Gasteiger partial charge in [0, 0.05) is 4.91 Å². The molecule has 0 spiro atoms. The zero-order chi connectivity index (χ0) is 9.26. The summed E-state index contributed by atoms with van der Waals surface area (Å²) in [6.45, 7) is 2.12. The van der Waals surface area contributed by atoms with Gasteiger partial charge in [-0.15, -0.1) is 0 Å². The molecule has 2 unspecified atom stereocenters. The molecule has 0 amide bonds. The molecule has 0 aliphatic heterocycles. The molecule has 3 heteroatoms. The Morgan fingerprint density at radius 3 is 3.00 bits per heavy atom. The smallest absolute Gasteiger partial charge is 0.0656 e.